The third-order valence-corrected chi connectivity index (χ3v) is 7.91. The highest BCUT2D eigenvalue weighted by molar-refractivity contribution is 7.93. The summed E-state index contributed by atoms with van der Waals surface area (Å²) in [5, 5.41) is 1.73. The van der Waals surface area contributed by atoms with Crippen LogP contribution >= 0.6 is 12.4 Å². The molecule has 1 heterocycles. The van der Waals surface area contributed by atoms with E-state index in [1.165, 1.54) is 39.5 Å². The van der Waals surface area contributed by atoms with Crippen molar-refractivity contribution in [1.82, 2.24) is 9.47 Å². The van der Waals surface area contributed by atoms with E-state index >= 15 is 0 Å². The molecule has 3 aromatic carbocycles. The van der Waals surface area contributed by atoms with Crippen molar-refractivity contribution in [3.8, 4) is 17.2 Å². The fourth-order valence-electron chi connectivity index (χ4n) is 4.58. The second-order valence-electron chi connectivity index (χ2n) is 8.72. The number of ether oxygens (including phenoxy) is 3. The molecule has 0 saturated heterocycles. The summed E-state index contributed by atoms with van der Waals surface area (Å²) >= 11 is 0. The highest BCUT2D eigenvalue weighted by Gasteiger charge is 2.33. The number of aryl methyl sites for hydroxylation is 1. The van der Waals surface area contributed by atoms with Crippen molar-refractivity contribution in [1.29, 1.82) is 0 Å². The molecule has 0 fully saturated rings. The Kier molecular flexibility index (Phi) is 8.81. The second kappa shape index (κ2) is 11.5. The van der Waals surface area contributed by atoms with E-state index < -0.39 is 15.9 Å². The topological polar surface area (TPSA) is 90.3 Å². The Bertz CT molecular complexity index is 1560. The minimum absolute atomic E-state index is 0. The Hall–Kier alpha value is -3.47. The van der Waals surface area contributed by atoms with Crippen LogP contribution in [0.4, 0.5) is 5.69 Å². The van der Waals surface area contributed by atoms with E-state index in [2.05, 4.69) is 4.57 Å². The number of benzene rings is 3. The fraction of sp³-hybridized carbons (Fsp3) is 0.296. The number of anilines is 1. The van der Waals surface area contributed by atoms with Crippen molar-refractivity contribution < 1.29 is 27.4 Å². The van der Waals surface area contributed by atoms with Gasteiger partial charge in [-0.2, -0.15) is 0 Å². The smallest absolute Gasteiger partial charge is 0.270 e. The number of fused-ring (bicyclic) bond motifs is 3. The number of carbonyl (C=O) groups excluding carboxylic acids is 1. The quantitative estimate of drug-likeness (QED) is 0.296. The van der Waals surface area contributed by atoms with Gasteiger partial charge in [0.2, 0.25) is 5.75 Å². The summed E-state index contributed by atoms with van der Waals surface area (Å²) < 4.78 is 47.4. The van der Waals surface area contributed by atoms with Crippen LogP contribution in [-0.2, 0) is 21.4 Å². The summed E-state index contributed by atoms with van der Waals surface area (Å²) in [6, 6.07) is 15.7. The summed E-state index contributed by atoms with van der Waals surface area (Å²) in [5.41, 5.74) is 2.01. The zero-order valence-corrected chi connectivity index (χ0v) is 23.9. The van der Waals surface area contributed by atoms with Crippen LogP contribution in [0.1, 0.15) is 6.92 Å². The van der Waals surface area contributed by atoms with Crippen molar-refractivity contribution >= 4 is 55.8 Å². The third kappa shape index (κ3) is 4.99. The van der Waals surface area contributed by atoms with E-state index in [1.807, 2.05) is 31.2 Å². The lowest BCUT2D eigenvalue weighted by Gasteiger charge is -2.25. The number of likely N-dealkylation sites (N-methyl/N-ethyl adjacent to an activating group) is 1. The number of halogens is 1. The standard InChI is InChI=1S/C27H31N3O6S.ClH/c1-7-29-22-11-9-8-10-20(22)21-16-19(12-13-23(21)29)37(32,33)30(26(31)17-28(2)3)18-14-24(34-4)27(36-6)25(15-18)35-5;/h8-16H,7,17H2,1-6H3;1H. The molecule has 0 spiro atoms. The van der Waals surface area contributed by atoms with Crippen LogP contribution in [0.5, 0.6) is 17.2 Å². The van der Waals surface area contributed by atoms with E-state index in [9.17, 15) is 13.2 Å². The molecular formula is C27H32ClN3O6S. The minimum Gasteiger partial charge on any atom is -0.493 e. The van der Waals surface area contributed by atoms with Gasteiger partial charge >= 0.3 is 0 Å². The first-order valence-electron chi connectivity index (χ1n) is 11.7. The van der Waals surface area contributed by atoms with Gasteiger partial charge in [-0.3, -0.25) is 4.79 Å². The maximum Gasteiger partial charge on any atom is 0.270 e. The van der Waals surface area contributed by atoms with Gasteiger partial charge in [-0.05, 0) is 45.3 Å². The molecule has 0 bridgehead atoms. The summed E-state index contributed by atoms with van der Waals surface area (Å²) in [6.45, 7) is 2.64. The molecule has 11 heteroatoms. The Balaban J connectivity index is 0.00000400. The van der Waals surface area contributed by atoms with E-state index in [4.69, 9.17) is 14.2 Å². The van der Waals surface area contributed by atoms with Crippen LogP contribution in [0.15, 0.2) is 59.5 Å². The molecule has 1 aromatic heterocycles. The molecule has 9 nitrogen and oxygen atoms in total. The Morgan fingerprint density at radius 1 is 0.868 bits per heavy atom. The molecular weight excluding hydrogens is 530 g/mol. The van der Waals surface area contributed by atoms with Gasteiger partial charge in [-0.15, -0.1) is 12.4 Å². The summed E-state index contributed by atoms with van der Waals surface area (Å²) in [6.07, 6.45) is 0. The molecule has 0 radical (unpaired) electrons. The second-order valence-corrected chi connectivity index (χ2v) is 10.5. The number of rotatable bonds is 9. The third-order valence-electron chi connectivity index (χ3n) is 6.16. The number of hydrogen-bond acceptors (Lipinski definition) is 7. The van der Waals surface area contributed by atoms with E-state index in [1.54, 1.807) is 31.1 Å². The minimum atomic E-state index is -4.33. The van der Waals surface area contributed by atoms with E-state index in [0.717, 1.165) is 32.7 Å². The van der Waals surface area contributed by atoms with Gasteiger partial charge in [0.05, 0.1) is 38.5 Å². The lowest BCUT2D eigenvalue weighted by Crippen LogP contribution is -2.42. The molecule has 204 valence electrons. The van der Waals surface area contributed by atoms with Crippen LogP contribution in [-0.4, -0.2) is 65.8 Å². The highest BCUT2D eigenvalue weighted by Crippen LogP contribution is 2.42. The molecule has 0 saturated carbocycles. The number of methoxy groups -OCH3 is 3. The van der Waals surface area contributed by atoms with Gasteiger partial charge in [0.1, 0.15) is 0 Å². The molecule has 0 unspecified atom stereocenters. The largest absolute Gasteiger partial charge is 0.493 e. The van der Waals surface area contributed by atoms with E-state index in [0.29, 0.717) is 5.75 Å². The Morgan fingerprint density at radius 2 is 1.47 bits per heavy atom. The molecule has 4 rings (SSSR count). The van der Waals surface area contributed by atoms with Crippen molar-refractivity contribution in [2.75, 3.05) is 46.3 Å². The predicted octanol–water partition coefficient (Wildman–Crippen LogP) is 4.55. The summed E-state index contributed by atoms with van der Waals surface area (Å²) in [4.78, 5) is 15.1. The first-order chi connectivity index (χ1) is 17.7. The molecule has 4 aromatic rings. The zero-order chi connectivity index (χ0) is 26.9. The molecule has 0 aliphatic heterocycles. The zero-order valence-electron chi connectivity index (χ0n) is 22.2. The van der Waals surface area contributed by atoms with Gasteiger partial charge in [-0.1, -0.05) is 18.2 Å². The number of sulfonamides is 1. The average molecular weight is 562 g/mol. The Labute approximate surface area is 228 Å². The van der Waals surface area contributed by atoms with Crippen LogP contribution < -0.4 is 18.5 Å². The average Bonchev–Trinajstić information content (AvgIpc) is 3.20. The molecule has 0 atom stereocenters. The monoisotopic (exact) mass is 561 g/mol. The number of aromatic nitrogens is 1. The first kappa shape index (κ1) is 29.1. The van der Waals surface area contributed by atoms with Crippen LogP contribution in [0.25, 0.3) is 21.8 Å². The molecule has 0 aliphatic carbocycles. The number of para-hydroxylation sites is 1. The SMILES string of the molecule is CCn1c2ccccc2c2cc(S(=O)(=O)N(C(=O)CN(C)C)c3cc(OC)c(OC)c(OC)c3)ccc21.Cl. The maximum absolute atomic E-state index is 14.1. The van der Waals surface area contributed by atoms with Gasteiger partial charge in [0.15, 0.2) is 11.5 Å². The van der Waals surface area contributed by atoms with Crippen molar-refractivity contribution in [2.45, 2.75) is 18.4 Å². The van der Waals surface area contributed by atoms with Crippen molar-refractivity contribution in [3.05, 3.63) is 54.6 Å². The molecule has 0 aliphatic rings. The van der Waals surface area contributed by atoms with Crippen molar-refractivity contribution in [3.63, 3.8) is 0 Å². The number of amides is 1. The fourth-order valence-corrected chi connectivity index (χ4v) is 6.00. The van der Waals surface area contributed by atoms with Crippen LogP contribution in [0.2, 0.25) is 0 Å². The number of hydrogen-bond donors (Lipinski definition) is 0. The summed E-state index contributed by atoms with van der Waals surface area (Å²) in [7, 11) is 3.38. The molecule has 0 N–H and O–H groups in total. The van der Waals surface area contributed by atoms with Gasteiger partial charge < -0.3 is 23.7 Å². The number of nitrogens with zero attached hydrogens (tertiary/aromatic N) is 3. The van der Waals surface area contributed by atoms with Gasteiger partial charge in [0, 0.05) is 40.5 Å². The van der Waals surface area contributed by atoms with Crippen LogP contribution in [0, 0.1) is 0 Å². The number of carbonyl (C=O) groups is 1. The maximum atomic E-state index is 14.1. The predicted molar refractivity (Wildman–Crippen MR) is 152 cm³/mol. The van der Waals surface area contributed by atoms with E-state index in [-0.39, 0.29) is 41.0 Å². The van der Waals surface area contributed by atoms with Crippen LogP contribution in [0.3, 0.4) is 0 Å². The Morgan fingerprint density at radius 3 is 2.03 bits per heavy atom. The lowest BCUT2D eigenvalue weighted by atomic mass is 10.1. The van der Waals surface area contributed by atoms with Gasteiger partial charge in [0.25, 0.3) is 15.9 Å². The molecule has 38 heavy (non-hydrogen) atoms. The highest BCUT2D eigenvalue weighted by atomic mass is 35.5. The summed E-state index contributed by atoms with van der Waals surface area (Å²) in [5.74, 6) is 0.127. The first-order valence-corrected chi connectivity index (χ1v) is 13.2. The van der Waals surface area contributed by atoms with Crippen molar-refractivity contribution in [2.24, 2.45) is 0 Å². The van der Waals surface area contributed by atoms with Gasteiger partial charge in [-0.25, -0.2) is 12.7 Å². The lowest BCUT2D eigenvalue weighted by molar-refractivity contribution is -0.118. The molecule has 1 amide bonds. The normalized spacial score (nSPS) is 11.4.